The highest BCUT2D eigenvalue weighted by Crippen LogP contribution is 2.34. The number of halogens is 2. The van der Waals surface area contributed by atoms with Crippen molar-refractivity contribution in [3.05, 3.63) is 70.5 Å². The summed E-state index contributed by atoms with van der Waals surface area (Å²) in [6, 6.07) is 10.1. The monoisotopic (exact) mass is 447 g/mol. The second-order valence-electron chi connectivity index (χ2n) is 5.80. The molecule has 28 heavy (non-hydrogen) atoms. The first kappa shape index (κ1) is 19.8. The summed E-state index contributed by atoms with van der Waals surface area (Å²) in [7, 11) is 1.56. The summed E-state index contributed by atoms with van der Waals surface area (Å²) in [5.74, 6) is 1.28. The summed E-state index contributed by atoms with van der Waals surface area (Å²) in [6.45, 7) is 4.74. The number of tetrazole rings is 1. The van der Waals surface area contributed by atoms with Gasteiger partial charge in [-0.2, -0.15) is 0 Å². The molecule has 0 radical (unpaired) electrons. The number of rotatable bonds is 9. The zero-order valence-electron chi connectivity index (χ0n) is 15.2. The average Bonchev–Trinajstić information content (AvgIpc) is 3.14. The van der Waals surface area contributed by atoms with Gasteiger partial charge < -0.3 is 14.8 Å². The first-order valence-corrected chi connectivity index (χ1v) is 9.25. The molecule has 3 rings (SSSR count). The van der Waals surface area contributed by atoms with Gasteiger partial charge in [0.25, 0.3) is 0 Å². The average molecular weight is 448 g/mol. The molecule has 1 N–H and O–H groups in total. The first-order valence-electron chi connectivity index (χ1n) is 8.46. The Morgan fingerprint density at radius 2 is 2.07 bits per heavy atom. The van der Waals surface area contributed by atoms with Gasteiger partial charge >= 0.3 is 0 Å². The molecule has 7 nitrogen and oxygen atoms in total. The minimum atomic E-state index is -0.307. The number of anilines is 1. The molecule has 2 aromatic carbocycles. The van der Waals surface area contributed by atoms with Crippen LogP contribution >= 0.6 is 15.9 Å². The van der Waals surface area contributed by atoms with E-state index in [9.17, 15) is 4.39 Å². The van der Waals surface area contributed by atoms with Crippen LogP contribution < -0.4 is 14.8 Å². The summed E-state index contributed by atoms with van der Waals surface area (Å²) >= 11 is 3.54. The van der Waals surface area contributed by atoms with E-state index in [4.69, 9.17) is 9.47 Å². The van der Waals surface area contributed by atoms with Gasteiger partial charge in [-0.05, 0) is 34.2 Å². The van der Waals surface area contributed by atoms with E-state index in [1.165, 1.54) is 6.07 Å². The van der Waals surface area contributed by atoms with Gasteiger partial charge in [-0.3, -0.25) is 0 Å². The van der Waals surface area contributed by atoms with Crippen LogP contribution in [-0.4, -0.2) is 27.3 Å². The van der Waals surface area contributed by atoms with E-state index < -0.39 is 0 Å². The quantitative estimate of drug-likeness (QED) is 0.500. The third-order valence-electron chi connectivity index (χ3n) is 3.94. The summed E-state index contributed by atoms with van der Waals surface area (Å²) in [4.78, 5) is 0. The van der Waals surface area contributed by atoms with Crippen LogP contribution in [0, 0.1) is 5.82 Å². The maximum absolute atomic E-state index is 13.8. The molecule has 1 heterocycles. The molecule has 1 aromatic heterocycles. The van der Waals surface area contributed by atoms with Crippen molar-refractivity contribution in [2.75, 3.05) is 12.4 Å². The number of nitrogens with zero attached hydrogens (tertiary/aromatic N) is 4. The number of ether oxygens (including phenoxy) is 2. The molecule has 0 aliphatic heterocycles. The van der Waals surface area contributed by atoms with E-state index in [2.05, 4.69) is 43.4 Å². The molecule has 0 bridgehead atoms. The highest BCUT2D eigenvalue weighted by Gasteiger charge is 2.13. The highest BCUT2D eigenvalue weighted by atomic mass is 79.9. The molecule has 0 atom stereocenters. The maximum atomic E-state index is 13.8. The molecule has 9 heteroatoms. The molecule has 0 amide bonds. The highest BCUT2D eigenvalue weighted by molar-refractivity contribution is 9.10. The topological polar surface area (TPSA) is 74.1 Å². The Bertz CT molecular complexity index is 963. The van der Waals surface area contributed by atoms with Gasteiger partial charge in [0.05, 0.1) is 13.7 Å². The smallest absolute Gasteiger partial charge is 0.243 e. The molecule has 0 saturated carbocycles. The Kier molecular flexibility index (Phi) is 6.59. The van der Waals surface area contributed by atoms with Crippen molar-refractivity contribution < 1.29 is 13.9 Å². The first-order chi connectivity index (χ1) is 13.6. The molecular weight excluding hydrogens is 429 g/mol. The number of hydrogen-bond acceptors (Lipinski definition) is 6. The molecule has 0 saturated heterocycles. The van der Waals surface area contributed by atoms with E-state index in [0.717, 1.165) is 10.0 Å². The van der Waals surface area contributed by atoms with Gasteiger partial charge in [-0.25, -0.2) is 9.07 Å². The van der Waals surface area contributed by atoms with Crippen molar-refractivity contribution in [3.63, 3.8) is 0 Å². The summed E-state index contributed by atoms with van der Waals surface area (Å²) in [5, 5.41) is 14.7. The van der Waals surface area contributed by atoms with Gasteiger partial charge in [0.1, 0.15) is 12.4 Å². The number of allylic oxidation sites excluding steroid dienone is 1. The van der Waals surface area contributed by atoms with E-state index in [1.807, 2.05) is 6.07 Å². The van der Waals surface area contributed by atoms with Gasteiger partial charge in [-0.1, -0.05) is 45.3 Å². The van der Waals surface area contributed by atoms with Crippen LogP contribution in [0.25, 0.3) is 0 Å². The fraction of sp³-hybridized carbons (Fsp3) is 0.211. The number of aromatic nitrogens is 4. The molecule has 0 spiro atoms. The summed E-state index contributed by atoms with van der Waals surface area (Å²) in [6.07, 6.45) is 1.71. The van der Waals surface area contributed by atoms with E-state index in [1.54, 1.807) is 42.1 Å². The second-order valence-corrected chi connectivity index (χ2v) is 6.66. The molecule has 0 aliphatic carbocycles. The Hall–Kier alpha value is -2.94. The Morgan fingerprint density at radius 1 is 1.25 bits per heavy atom. The number of methoxy groups -OCH3 is 1. The Labute approximate surface area is 170 Å². The number of hydrogen-bond donors (Lipinski definition) is 1. The fourth-order valence-electron chi connectivity index (χ4n) is 2.51. The van der Waals surface area contributed by atoms with Crippen LogP contribution in [-0.2, 0) is 19.7 Å². The summed E-state index contributed by atoms with van der Waals surface area (Å²) < 4.78 is 27.4. The fourth-order valence-corrected chi connectivity index (χ4v) is 2.97. The van der Waals surface area contributed by atoms with Gasteiger partial charge in [-0.15, -0.1) is 6.58 Å². The zero-order valence-corrected chi connectivity index (χ0v) is 16.8. The van der Waals surface area contributed by atoms with E-state index in [0.29, 0.717) is 36.1 Å². The second kappa shape index (κ2) is 9.32. The largest absolute Gasteiger partial charge is 0.493 e. The SMILES string of the molecule is C=CCn1nnnc1NCc1cc(OC)c(OCc2ccccc2F)cc1Br. The zero-order chi connectivity index (χ0) is 19.9. The van der Waals surface area contributed by atoms with E-state index in [-0.39, 0.29) is 12.4 Å². The van der Waals surface area contributed by atoms with Crippen molar-refractivity contribution >= 4 is 21.9 Å². The van der Waals surface area contributed by atoms with Crippen molar-refractivity contribution in [2.24, 2.45) is 0 Å². The van der Waals surface area contributed by atoms with Gasteiger partial charge in [0, 0.05) is 16.6 Å². The molecule has 0 aliphatic rings. The van der Waals surface area contributed by atoms with Crippen molar-refractivity contribution in [3.8, 4) is 11.5 Å². The molecular formula is C19H19BrFN5O2. The summed E-state index contributed by atoms with van der Waals surface area (Å²) in [5.41, 5.74) is 1.39. The Balaban J connectivity index is 1.73. The molecule has 0 fully saturated rings. The van der Waals surface area contributed by atoms with E-state index >= 15 is 0 Å². The predicted octanol–water partition coefficient (Wildman–Crippen LogP) is 3.96. The molecule has 3 aromatic rings. The lowest BCUT2D eigenvalue weighted by molar-refractivity contribution is 0.279. The van der Waals surface area contributed by atoms with Crippen LogP contribution in [0.15, 0.2) is 53.5 Å². The van der Waals surface area contributed by atoms with Crippen LogP contribution in [0.1, 0.15) is 11.1 Å². The minimum absolute atomic E-state index is 0.101. The van der Waals surface area contributed by atoms with Crippen LogP contribution in [0.4, 0.5) is 10.3 Å². The minimum Gasteiger partial charge on any atom is -0.493 e. The third-order valence-corrected chi connectivity index (χ3v) is 4.68. The number of nitrogens with one attached hydrogen (secondary N) is 1. The number of benzene rings is 2. The Morgan fingerprint density at radius 3 is 2.82 bits per heavy atom. The van der Waals surface area contributed by atoms with Crippen LogP contribution in [0.3, 0.4) is 0 Å². The normalized spacial score (nSPS) is 10.5. The van der Waals surface area contributed by atoms with Crippen LogP contribution in [0.5, 0.6) is 11.5 Å². The standard InChI is InChI=1S/C19H19BrFN5O2/c1-3-8-26-19(23-24-25-26)22-11-14-9-17(27-2)18(10-15(14)20)28-12-13-6-4-5-7-16(13)21/h3-7,9-10H,1,8,11-12H2,2H3,(H,22,23,25). The maximum Gasteiger partial charge on any atom is 0.243 e. The lowest BCUT2D eigenvalue weighted by atomic mass is 10.2. The van der Waals surface area contributed by atoms with Crippen molar-refractivity contribution in [1.29, 1.82) is 0 Å². The molecule has 146 valence electrons. The van der Waals surface area contributed by atoms with Crippen molar-refractivity contribution in [1.82, 2.24) is 20.2 Å². The lowest BCUT2D eigenvalue weighted by Crippen LogP contribution is -2.09. The third kappa shape index (κ3) is 4.66. The van der Waals surface area contributed by atoms with Gasteiger partial charge in [0.2, 0.25) is 5.95 Å². The lowest BCUT2D eigenvalue weighted by Gasteiger charge is -2.15. The molecule has 0 unspecified atom stereocenters. The predicted molar refractivity (Wildman–Crippen MR) is 107 cm³/mol. The van der Waals surface area contributed by atoms with Gasteiger partial charge in [0.15, 0.2) is 11.5 Å². The van der Waals surface area contributed by atoms with Crippen LogP contribution in [0.2, 0.25) is 0 Å². The van der Waals surface area contributed by atoms with Crippen molar-refractivity contribution in [2.45, 2.75) is 19.7 Å².